The second-order valence-electron chi connectivity index (χ2n) is 8.21. The Balaban J connectivity index is 1.46. The van der Waals surface area contributed by atoms with Crippen molar-refractivity contribution >= 4 is 60.5 Å². The van der Waals surface area contributed by atoms with Crippen molar-refractivity contribution in [1.29, 1.82) is 0 Å². The molecule has 5 aromatic rings. The Labute approximate surface area is 232 Å². The molecule has 1 aromatic heterocycles. The number of rotatable bonds is 8. The number of ether oxygens (including phenoxy) is 2. The lowest BCUT2D eigenvalue weighted by Crippen LogP contribution is -2.14. The molecule has 0 aliphatic heterocycles. The number of para-hydroxylation sites is 2. The van der Waals surface area contributed by atoms with Gasteiger partial charge in [0.2, 0.25) is 0 Å². The average molecular weight is 588 g/mol. The summed E-state index contributed by atoms with van der Waals surface area (Å²) in [5.74, 6) is 1.13. The van der Waals surface area contributed by atoms with Crippen LogP contribution in [-0.2, 0) is 16.6 Å². The molecule has 0 aliphatic carbocycles. The first-order chi connectivity index (χ1) is 18.2. The highest BCUT2D eigenvalue weighted by Gasteiger charge is 2.20. The van der Waals surface area contributed by atoms with Gasteiger partial charge in [0.1, 0.15) is 0 Å². The molecule has 0 amide bonds. The van der Waals surface area contributed by atoms with Gasteiger partial charge in [-0.2, -0.15) is 0 Å². The van der Waals surface area contributed by atoms with E-state index in [9.17, 15) is 13.2 Å². The zero-order chi connectivity index (χ0) is 26.9. The summed E-state index contributed by atoms with van der Waals surface area (Å²) in [7, 11) is -2.54. The molecule has 0 fully saturated rings. The van der Waals surface area contributed by atoms with E-state index in [1.165, 1.54) is 25.3 Å². The number of nitrogens with zero attached hydrogens (tertiary/aromatic N) is 1. The molecule has 11 heteroatoms. The fraction of sp³-hybridized carbons (Fsp3) is 0.0741. The molecule has 5 rings (SSSR count). The highest BCUT2D eigenvalue weighted by Crippen LogP contribution is 2.37. The van der Waals surface area contributed by atoms with Crippen molar-refractivity contribution in [3.8, 4) is 17.2 Å². The average Bonchev–Trinajstić information content (AvgIpc) is 3.21. The van der Waals surface area contributed by atoms with Gasteiger partial charge in [-0.25, -0.2) is 8.42 Å². The summed E-state index contributed by atoms with van der Waals surface area (Å²) in [6, 6.07) is 23.4. The van der Waals surface area contributed by atoms with Gasteiger partial charge in [0.25, 0.3) is 10.0 Å². The number of halogens is 2. The van der Waals surface area contributed by atoms with Gasteiger partial charge in [-0.15, -0.1) is 0 Å². The van der Waals surface area contributed by atoms with E-state index in [1.54, 1.807) is 59.2 Å². The van der Waals surface area contributed by atoms with E-state index in [2.05, 4.69) is 4.72 Å². The Morgan fingerprint density at radius 2 is 1.58 bits per heavy atom. The molecule has 0 aliphatic rings. The third-order valence-electron chi connectivity index (χ3n) is 5.68. The minimum atomic E-state index is -4.06. The number of aromatic nitrogens is 1. The summed E-state index contributed by atoms with van der Waals surface area (Å²) >= 11 is 13.1. The molecule has 0 atom stereocenters. The van der Waals surface area contributed by atoms with E-state index < -0.39 is 10.0 Å². The van der Waals surface area contributed by atoms with Crippen LogP contribution in [0.5, 0.6) is 17.2 Å². The monoisotopic (exact) mass is 586 g/mol. The fourth-order valence-corrected chi connectivity index (χ4v) is 6.22. The Morgan fingerprint density at radius 1 is 0.868 bits per heavy atom. The lowest BCUT2D eigenvalue weighted by atomic mass is 10.2. The molecule has 1 heterocycles. The molecule has 7 nitrogen and oxygen atoms in total. The number of anilines is 1. The number of nitrogens with one attached hydrogen (secondary N) is 1. The van der Waals surface area contributed by atoms with Crippen LogP contribution in [0.1, 0.15) is 5.56 Å². The quantitative estimate of drug-likeness (QED) is 0.211. The summed E-state index contributed by atoms with van der Waals surface area (Å²) in [4.78, 5) is 12.5. The number of sulfonamides is 1. The van der Waals surface area contributed by atoms with Crippen molar-refractivity contribution in [3.63, 3.8) is 0 Å². The van der Waals surface area contributed by atoms with E-state index in [4.69, 9.17) is 32.7 Å². The van der Waals surface area contributed by atoms with Crippen molar-refractivity contribution in [1.82, 2.24) is 4.57 Å². The topological polar surface area (TPSA) is 86.6 Å². The van der Waals surface area contributed by atoms with Gasteiger partial charge in [-0.05, 0) is 66.2 Å². The Bertz CT molecular complexity index is 1800. The summed E-state index contributed by atoms with van der Waals surface area (Å²) in [6.07, 6.45) is 0. The summed E-state index contributed by atoms with van der Waals surface area (Å²) < 4.78 is 42.7. The predicted octanol–water partition coefficient (Wildman–Crippen LogP) is 7.02. The zero-order valence-corrected chi connectivity index (χ0v) is 23.0. The minimum Gasteiger partial charge on any atom is -0.493 e. The molecule has 0 radical (unpaired) electrons. The molecule has 38 heavy (non-hydrogen) atoms. The van der Waals surface area contributed by atoms with Gasteiger partial charge in [-0.3, -0.25) is 14.1 Å². The summed E-state index contributed by atoms with van der Waals surface area (Å²) in [5, 5.41) is 0.929. The van der Waals surface area contributed by atoms with Crippen LogP contribution in [-0.4, -0.2) is 20.1 Å². The molecule has 4 aromatic carbocycles. The Hall–Kier alpha value is -3.50. The van der Waals surface area contributed by atoms with Crippen LogP contribution in [0.15, 0.2) is 94.6 Å². The third kappa shape index (κ3) is 5.51. The number of hydrogen-bond acceptors (Lipinski definition) is 6. The van der Waals surface area contributed by atoms with Crippen LogP contribution in [0, 0.1) is 0 Å². The Morgan fingerprint density at radius 3 is 2.32 bits per heavy atom. The molecule has 0 saturated carbocycles. The second-order valence-corrected chi connectivity index (χ2v) is 11.8. The van der Waals surface area contributed by atoms with Crippen LogP contribution in [0.25, 0.3) is 10.2 Å². The predicted molar refractivity (Wildman–Crippen MR) is 152 cm³/mol. The van der Waals surface area contributed by atoms with Crippen molar-refractivity contribution in [3.05, 3.63) is 110 Å². The first-order valence-corrected chi connectivity index (χ1v) is 14.3. The second kappa shape index (κ2) is 10.7. The largest absolute Gasteiger partial charge is 0.493 e. The number of benzene rings is 4. The van der Waals surface area contributed by atoms with E-state index in [1.807, 2.05) is 12.1 Å². The first kappa shape index (κ1) is 26.1. The Kier molecular flexibility index (Phi) is 7.36. The maximum absolute atomic E-state index is 13.4. The molecule has 0 saturated heterocycles. The first-order valence-electron chi connectivity index (χ1n) is 11.2. The third-order valence-corrected chi connectivity index (χ3v) is 8.47. The highest BCUT2D eigenvalue weighted by atomic mass is 35.5. The van der Waals surface area contributed by atoms with Gasteiger partial charge < -0.3 is 9.47 Å². The van der Waals surface area contributed by atoms with Crippen LogP contribution in [0.4, 0.5) is 5.69 Å². The molecule has 194 valence electrons. The lowest BCUT2D eigenvalue weighted by molar-refractivity contribution is 0.379. The van der Waals surface area contributed by atoms with Crippen LogP contribution < -0.4 is 19.1 Å². The summed E-state index contributed by atoms with van der Waals surface area (Å²) in [5.41, 5.74) is 1.69. The van der Waals surface area contributed by atoms with Crippen molar-refractivity contribution < 1.29 is 17.9 Å². The van der Waals surface area contributed by atoms with E-state index in [-0.39, 0.29) is 21.2 Å². The number of methoxy groups -OCH3 is 1. The van der Waals surface area contributed by atoms with Crippen molar-refractivity contribution in [2.75, 3.05) is 11.8 Å². The maximum Gasteiger partial charge on any atom is 0.308 e. The van der Waals surface area contributed by atoms with E-state index in [0.29, 0.717) is 38.3 Å². The smallest absolute Gasteiger partial charge is 0.308 e. The molecular weight excluding hydrogens is 567 g/mol. The molecule has 1 N–H and O–H groups in total. The van der Waals surface area contributed by atoms with Gasteiger partial charge >= 0.3 is 4.87 Å². The highest BCUT2D eigenvalue weighted by molar-refractivity contribution is 7.92. The number of fused-ring (bicyclic) bond motifs is 1. The minimum absolute atomic E-state index is 0.00638. The number of thiazole rings is 1. The van der Waals surface area contributed by atoms with E-state index in [0.717, 1.165) is 16.9 Å². The van der Waals surface area contributed by atoms with Gasteiger partial charge in [0.15, 0.2) is 17.2 Å². The molecule has 0 bridgehead atoms. The summed E-state index contributed by atoms with van der Waals surface area (Å²) in [6.45, 7) is 0.340. The van der Waals surface area contributed by atoms with Crippen LogP contribution in [0.2, 0.25) is 10.0 Å². The van der Waals surface area contributed by atoms with Gasteiger partial charge in [0, 0.05) is 10.0 Å². The number of hydrogen-bond donors (Lipinski definition) is 1. The molecule has 0 spiro atoms. The molecular formula is C27H20Cl2N2O5S2. The SMILES string of the molecule is COc1ccccc1Oc1ccc(Cl)cc1NS(=O)(=O)c1ccc2c(c1)sc(=O)n2Cc1ccc(Cl)cc1. The zero-order valence-electron chi connectivity index (χ0n) is 19.9. The van der Waals surface area contributed by atoms with Crippen molar-refractivity contribution in [2.24, 2.45) is 0 Å². The van der Waals surface area contributed by atoms with Crippen molar-refractivity contribution in [2.45, 2.75) is 11.4 Å². The fourth-order valence-electron chi connectivity index (χ4n) is 3.83. The van der Waals surface area contributed by atoms with Gasteiger partial charge in [-0.1, -0.05) is 58.8 Å². The maximum atomic E-state index is 13.4. The standard InChI is InChI=1S/C27H20Cl2N2O5S2/c1-35-24-4-2-3-5-25(24)36-23-13-10-19(29)14-21(23)30-38(33,34)20-11-12-22-26(15-20)37-27(32)31(22)16-17-6-8-18(28)9-7-17/h2-15,30H,16H2,1H3. The van der Waals surface area contributed by atoms with Crippen LogP contribution in [0.3, 0.4) is 0 Å². The molecule has 0 unspecified atom stereocenters. The van der Waals surface area contributed by atoms with Gasteiger partial charge in [0.05, 0.1) is 34.5 Å². The van der Waals surface area contributed by atoms with Crippen LogP contribution >= 0.6 is 34.5 Å². The van der Waals surface area contributed by atoms with E-state index >= 15 is 0 Å². The normalized spacial score (nSPS) is 11.4. The lowest BCUT2D eigenvalue weighted by Gasteiger charge is -2.15.